The van der Waals surface area contributed by atoms with Gasteiger partial charge in [-0.3, -0.25) is 14.5 Å². The molecule has 1 fully saturated rings. The summed E-state index contributed by atoms with van der Waals surface area (Å²) in [5, 5.41) is 9.37. The second-order valence-corrected chi connectivity index (χ2v) is 8.53. The molecule has 34 heavy (non-hydrogen) atoms. The molecule has 180 valence electrons. The summed E-state index contributed by atoms with van der Waals surface area (Å²) in [7, 11) is 1.64. The molecule has 3 aromatic rings. The van der Waals surface area contributed by atoms with E-state index in [1.54, 1.807) is 14.0 Å². The molecule has 3 heterocycles. The topological polar surface area (TPSA) is 138 Å². The van der Waals surface area contributed by atoms with E-state index in [4.69, 9.17) is 10.5 Å². The van der Waals surface area contributed by atoms with E-state index in [-0.39, 0.29) is 17.9 Å². The number of fused-ring (bicyclic) bond motifs is 1. The summed E-state index contributed by atoms with van der Waals surface area (Å²) in [6.45, 7) is 7.35. The van der Waals surface area contributed by atoms with Gasteiger partial charge in [0.05, 0.1) is 29.5 Å². The van der Waals surface area contributed by atoms with Gasteiger partial charge in [0, 0.05) is 51.0 Å². The largest absolute Gasteiger partial charge is 0.496 e. The van der Waals surface area contributed by atoms with Gasteiger partial charge in [-0.1, -0.05) is 0 Å². The van der Waals surface area contributed by atoms with Crippen LogP contribution in [-0.4, -0.2) is 70.8 Å². The van der Waals surface area contributed by atoms with Crippen molar-refractivity contribution in [3.05, 3.63) is 56.8 Å². The second kappa shape index (κ2) is 9.78. The van der Waals surface area contributed by atoms with Crippen molar-refractivity contribution in [3.63, 3.8) is 0 Å². The number of primary amides is 1. The molecular formula is C24H30N6O4. The van der Waals surface area contributed by atoms with Gasteiger partial charge < -0.3 is 25.5 Å². The second-order valence-electron chi connectivity index (χ2n) is 8.53. The van der Waals surface area contributed by atoms with Gasteiger partial charge in [-0.2, -0.15) is 0 Å². The number of nitrogens with two attached hydrogens (primary N) is 1. The van der Waals surface area contributed by atoms with E-state index in [1.165, 1.54) is 0 Å². The molecule has 1 aromatic carbocycles. The highest BCUT2D eigenvalue weighted by Crippen LogP contribution is 2.27. The standard InChI is InChI=1S/C24H30N6O4/c1-14-20(11-16(4-9-31)22(27-14)23(25)32)30-7-5-29(6-8-30)13-17-10-18-19(12-21(17)34-3)26-15(2)24(33)28-18/h10-12,31H,4-9,13H2,1-3H3,(H2,25,32)(H,28,33). The Bertz CT molecular complexity index is 1280. The maximum atomic E-state index is 12.0. The van der Waals surface area contributed by atoms with Crippen molar-refractivity contribution in [1.29, 1.82) is 0 Å². The third-order valence-corrected chi connectivity index (χ3v) is 6.25. The SMILES string of the molecule is COc1cc2nc(C)c(=O)[nH]c2cc1CN1CCN(c2cc(CCO)c(C(N)=O)nc2C)CC1. The van der Waals surface area contributed by atoms with Crippen LogP contribution in [0.5, 0.6) is 5.75 Å². The van der Waals surface area contributed by atoms with Crippen molar-refractivity contribution < 1.29 is 14.6 Å². The van der Waals surface area contributed by atoms with Gasteiger partial charge in [0.2, 0.25) is 0 Å². The molecule has 0 unspecified atom stereocenters. The molecule has 10 nitrogen and oxygen atoms in total. The van der Waals surface area contributed by atoms with E-state index < -0.39 is 5.91 Å². The van der Waals surface area contributed by atoms with Crippen molar-refractivity contribution in [3.8, 4) is 5.75 Å². The first kappa shape index (κ1) is 23.7. The van der Waals surface area contributed by atoms with Crippen molar-refractivity contribution >= 4 is 22.6 Å². The van der Waals surface area contributed by atoms with Crippen molar-refractivity contribution in [2.24, 2.45) is 5.73 Å². The fraction of sp³-hybridized carbons (Fsp3) is 0.417. The third-order valence-electron chi connectivity index (χ3n) is 6.25. The number of carbonyl (C=O) groups excluding carboxylic acids is 1. The van der Waals surface area contributed by atoms with Crippen LogP contribution in [0.25, 0.3) is 11.0 Å². The molecule has 0 radical (unpaired) electrons. The number of amides is 1. The number of aryl methyl sites for hydroxylation is 2. The number of nitrogens with zero attached hydrogens (tertiary/aromatic N) is 4. The minimum Gasteiger partial charge on any atom is -0.496 e. The number of carbonyl (C=O) groups is 1. The number of aliphatic hydroxyl groups excluding tert-OH is 1. The number of hydrogen-bond acceptors (Lipinski definition) is 8. The van der Waals surface area contributed by atoms with Crippen molar-refractivity contribution in [2.45, 2.75) is 26.8 Å². The minimum absolute atomic E-state index is 0.0772. The molecule has 0 bridgehead atoms. The Balaban J connectivity index is 1.51. The van der Waals surface area contributed by atoms with Crippen LogP contribution < -0.4 is 20.9 Å². The number of ether oxygens (including phenoxy) is 1. The Labute approximate surface area is 197 Å². The van der Waals surface area contributed by atoms with E-state index in [9.17, 15) is 14.7 Å². The fourth-order valence-electron chi connectivity index (χ4n) is 4.43. The van der Waals surface area contributed by atoms with Gasteiger partial charge in [-0.05, 0) is 38.0 Å². The van der Waals surface area contributed by atoms with E-state index in [0.717, 1.165) is 48.9 Å². The van der Waals surface area contributed by atoms with Crippen LogP contribution in [0.15, 0.2) is 23.0 Å². The first-order chi connectivity index (χ1) is 16.3. The first-order valence-electron chi connectivity index (χ1n) is 11.3. The van der Waals surface area contributed by atoms with Gasteiger partial charge in [0.25, 0.3) is 11.5 Å². The van der Waals surface area contributed by atoms with Gasteiger partial charge in [-0.15, -0.1) is 0 Å². The number of anilines is 1. The van der Waals surface area contributed by atoms with Crippen LogP contribution in [0, 0.1) is 13.8 Å². The van der Waals surface area contributed by atoms with Gasteiger partial charge in [-0.25, -0.2) is 9.97 Å². The average Bonchev–Trinajstić information content (AvgIpc) is 2.81. The highest BCUT2D eigenvalue weighted by atomic mass is 16.5. The molecule has 0 saturated carbocycles. The molecule has 1 amide bonds. The number of benzene rings is 1. The molecule has 1 aliphatic heterocycles. The highest BCUT2D eigenvalue weighted by Gasteiger charge is 2.22. The monoisotopic (exact) mass is 466 g/mol. The number of aromatic amines is 1. The summed E-state index contributed by atoms with van der Waals surface area (Å²) in [6.07, 6.45) is 0.330. The van der Waals surface area contributed by atoms with E-state index in [0.29, 0.717) is 35.3 Å². The summed E-state index contributed by atoms with van der Waals surface area (Å²) in [5.74, 6) is 0.156. The Morgan fingerprint density at radius 1 is 1.12 bits per heavy atom. The summed E-state index contributed by atoms with van der Waals surface area (Å²) in [5.41, 5.74) is 10.7. The van der Waals surface area contributed by atoms with Gasteiger partial charge >= 0.3 is 0 Å². The number of methoxy groups -OCH3 is 1. The smallest absolute Gasteiger partial charge is 0.269 e. The third kappa shape index (κ3) is 4.73. The number of hydrogen-bond donors (Lipinski definition) is 3. The lowest BCUT2D eigenvalue weighted by Gasteiger charge is -2.37. The summed E-state index contributed by atoms with van der Waals surface area (Å²) >= 11 is 0. The molecule has 4 rings (SSSR count). The van der Waals surface area contributed by atoms with E-state index in [1.807, 2.05) is 25.1 Å². The normalized spacial score (nSPS) is 14.5. The van der Waals surface area contributed by atoms with Gasteiger partial charge in [0.1, 0.15) is 17.1 Å². The first-order valence-corrected chi connectivity index (χ1v) is 11.3. The van der Waals surface area contributed by atoms with Crippen LogP contribution >= 0.6 is 0 Å². The van der Waals surface area contributed by atoms with Crippen LogP contribution in [0.4, 0.5) is 5.69 Å². The zero-order valence-electron chi connectivity index (χ0n) is 19.7. The Kier molecular flexibility index (Phi) is 6.80. The number of aromatic nitrogens is 3. The average molecular weight is 467 g/mol. The zero-order valence-corrected chi connectivity index (χ0v) is 19.7. The summed E-state index contributed by atoms with van der Waals surface area (Å²) in [6, 6.07) is 5.72. The summed E-state index contributed by atoms with van der Waals surface area (Å²) < 4.78 is 5.60. The molecular weight excluding hydrogens is 436 g/mol. The fourth-order valence-corrected chi connectivity index (χ4v) is 4.43. The quantitative estimate of drug-likeness (QED) is 0.467. The number of nitrogens with one attached hydrogen (secondary N) is 1. The number of pyridine rings is 1. The Morgan fingerprint density at radius 2 is 1.85 bits per heavy atom. The van der Waals surface area contributed by atoms with E-state index >= 15 is 0 Å². The number of rotatable bonds is 7. The lowest BCUT2D eigenvalue weighted by atomic mass is 10.1. The van der Waals surface area contributed by atoms with E-state index in [2.05, 4.69) is 24.8 Å². The number of H-pyrrole nitrogens is 1. The molecule has 10 heteroatoms. The maximum Gasteiger partial charge on any atom is 0.269 e. The van der Waals surface area contributed by atoms with Crippen LogP contribution in [0.1, 0.15) is 33.0 Å². The van der Waals surface area contributed by atoms with Crippen LogP contribution in [0.3, 0.4) is 0 Å². The minimum atomic E-state index is -0.584. The molecule has 0 aliphatic carbocycles. The van der Waals surface area contributed by atoms with Crippen molar-refractivity contribution in [2.75, 3.05) is 44.8 Å². The van der Waals surface area contributed by atoms with Crippen LogP contribution in [-0.2, 0) is 13.0 Å². The molecule has 0 spiro atoms. The maximum absolute atomic E-state index is 12.0. The lowest BCUT2D eigenvalue weighted by Crippen LogP contribution is -2.46. The zero-order chi connectivity index (χ0) is 24.4. The number of piperazine rings is 1. The lowest BCUT2D eigenvalue weighted by molar-refractivity contribution is 0.0994. The number of aliphatic hydroxyl groups is 1. The van der Waals surface area contributed by atoms with Crippen LogP contribution in [0.2, 0.25) is 0 Å². The summed E-state index contributed by atoms with van der Waals surface area (Å²) in [4.78, 5) is 40.0. The molecule has 1 aliphatic rings. The Hall–Kier alpha value is -3.50. The van der Waals surface area contributed by atoms with Gasteiger partial charge in [0.15, 0.2) is 0 Å². The predicted molar refractivity (Wildman–Crippen MR) is 129 cm³/mol. The molecule has 4 N–H and O–H groups in total. The molecule has 1 saturated heterocycles. The molecule has 0 atom stereocenters. The predicted octanol–water partition coefficient (Wildman–Crippen LogP) is 0.899. The highest BCUT2D eigenvalue weighted by molar-refractivity contribution is 5.93. The molecule has 2 aromatic heterocycles. The van der Waals surface area contributed by atoms with Crippen molar-refractivity contribution in [1.82, 2.24) is 19.9 Å². The Morgan fingerprint density at radius 3 is 2.50 bits per heavy atom.